The summed E-state index contributed by atoms with van der Waals surface area (Å²) in [7, 11) is 4.05. The first kappa shape index (κ1) is 13.9. The second kappa shape index (κ2) is 6.58. The lowest BCUT2D eigenvalue weighted by Crippen LogP contribution is -2.34. The fraction of sp³-hybridized carbons (Fsp3) is 0.462. The Morgan fingerprint density at radius 1 is 1.26 bits per heavy atom. The first-order valence-corrected chi connectivity index (χ1v) is 6.65. The van der Waals surface area contributed by atoms with Crippen LogP contribution in [0.15, 0.2) is 18.2 Å². The third kappa shape index (κ3) is 4.25. The molecule has 1 aliphatic heterocycles. The predicted octanol–water partition coefficient (Wildman–Crippen LogP) is 1.31. The van der Waals surface area contributed by atoms with Gasteiger partial charge in [0.1, 0.15) is 13.2 Å². The van der Waals surface area contributed by atoms with E-state index in [1.807, 2.05) is 32.3 Å². The Morgan fingerprint density at radius 2 is 2.00 bits per heavy atom. The van der Waals surface area contributed by atoms with Gasteiger partial charge >= 0.3 is 0 Å². The van der Waals surface area contributed by atoms with Gasteiger partial charge in [-0.1, -0.05) is 0 Å². The van der Waals surface area contributed by atoms with Crippen molar-refractivity contribution in [1.82, 2.24) is 10.2 Å². The third-order valence-electron chi connectivity index (χ3n) is 2.64. The molecule has 0 saturated heterocycles. The summed E-state index contributed by atoms with van der Waals surface area (Å²) in [6, 6.07) is 5.71. The molecule has 1 aliphatic rings. The number of anilines is 1. The summed E-state index contributed by atoms with van der Waals surface area (Å²) in [6.45, 7) is 2.93. The number of likely N-dealkylation sites (N-methyl/N-ethyl adjacent to an activating group) is 1. The van der Waals surface area contributed by atoms with Crippen LogP contribution in [-0.2, 0) is 0 Å². The second-order valence-electron chi connectivity index (χ2n) is 4.54. The summed E-state index contributed by atoms with van der Waals surface area (Å²) in [5, 5.41) is 6.89. The van der Waals surface area contributed by atoms with Gasteiger partial charge in [-0.25, -0.2) is 0 Å². The van der Waals surface area contributed by atoms with Gasteiger partial charge in [0.25, 0.3) is 0 Å². The minimum atomic E-state index is 0.585. The summed E-state index contributed by atoms with van der Waals surface area (Å²) >= 11 is 5.23. The maximum Gasteiger partial charge on any atom is 0.170 e. The molecule has 0 aromatic heterocycles. The fourth-order valence-electron chi connectivity index (χ4n) is 1.69. The van der Waals surface area contributed by atoms with E-state index >= 15 is 0 Å². The van der Waals surface area contributed by atoms with Crippen LogP contribution in [0.1, 0.15) is 0 Å². The van der Waals surface area contributed by atoms with Crippen LogP contribution in [0.2, 0.25) is 0 Å². The topological polar surface area (TPSA) is 45.8 Å². The first-order chi connectivity index (χ1) is 9.15. The summed E-state index contributed by atoms with van der Waals surface area (Å²) in [5.74, 6) is 1.54. The quantitative estimate of drug-likeness (QED) is 0.811. The molecule has 0 amide bonds. The molecule has 0 fully saturated rings. The van der Waals surface area contributed by atoms with Gasteiger partial charge in [-0.15, -0.1) is 0 Å². The number of hydrogen-bond donors (Lipinski definition) is 2. The number of hydrogen-bond acceptors (Lipinski definition) is 4. The van der Waals surface area contributed by atoms with E-state index in [4.69, 9.17) is 21.7 Å². The molecule has 0 atom stereocenters. The Hall–Kier alpha value is -1.53. The van der Waals surface area contributed by atoms with E-state index in [1.165, 1.54) is 0 Å². The predicted molar refractivity (Wildman–Crippen MR) is 80.2 cm³/mol. The van der Waals surface area contributed by atoms with Crippen molar-refractivity contribution < 1.29 is 9.47 Å². The van der Waals surface area contributed by atoms with E-state index in [0.29, 0.717) is 18.3 Å². The highest BCUT2D eigenvalue weighted by Gasteiger charge is 2.11. The molecule has 2 N–H and O–H groups in total. The molecule has 1 aromatic carbocycles. The van der Waals surface area contributed by atoms with E-state index in [0.717, 1.165) is 30.3 Å². The Labute approximate surface area is 118 Å². The lowest BCUT2D eigenvalue weighted by molar-refractivity contribution is 0.171. The van der Waals surface area contributed by atoms with Crippen LogP contribution < -0.4 is 20.1 Å². The smallest absolute Gasteiger partial charge is 0.170 e. The van der Waals surface area contributed by atoms with Crippen molar-refractivity contribution in [2.24, 2.45) is 0 Å². The van der Waals surface area contributed by atoms with E-state index < -0.39 is 0 Å². The van der Waals surface area contributed by atoms with E-state index in [1.54, 1.807) is 0 Å². The highest BCUT2D eigenvalue weighted by Crippen LogP contribution is 2.32. The monoisotopic (exact) mass is 281 g/mol. The fourth-order valence-corrected chi connectivity index (χ4v) is 1.91. The molecular weight excluding hydrogens is 262 g/mol. The zero-order chi connectivity index (χ0) is 13.7. The average molecular weight is 281 g/mol. The van der Waals surface area contributed by atoms with Crippen LogP contribution >= 0.6 is 12.2 Å². The average Bonchev–Trinajstić information content (AvgIpc) is 2.38. The number of nitrogens with one attached hydrogen (secondary N) is 2. The van der Waals surface area contributed by atoms with E-state index in [9.17, 15) is 0 Å². The van der Waals surface area contributed by atoms with Gasteiger partial charge in [-0.05, 0) is 38.4 Å². The lowest BCUT2D eigenvalue weighted by Gasteiger charge is -2.19. The molecule has 0 bridgehead atoms. The maximum absolute atomic E-state index is 5.52. The third-order valence-corrected chi connectivity index (χ3v) is 2.89. The van der Waals surface area contributed by atoms with Crippen molar-refractivity contribution in [3.8, 4) is 11.5 Å². The molecular formula is C13H19N3O2S. The number of benzene rings is 1. The molecule has 0 radical (unpaired) electrons. The van der Waals surface area contributed by atoms with Gasteiger partial charge in [0.15, 0.2) is 16.6 Å². The molecule has 1 aromatic rings. The van der Waals surface area contributed by atoms with Crippen LogP contribution in [0, 0.1) is 0 Å². The Balaban J connectivity index is 1.86. The standard InChI is InChI=1S/C13H19N3O2S/c1-16(2)6-5-14-13(19)15-10-3-4-11-12(9-10)18-8-7-17-11/h3-4,9H,5-8H2,1-2H3,(H2,14,15,19). The van der Waals surface area contributed by atoms with Crippen molar-refractivity contribution >= 4 is 23.0 Å². The number of nitrogens with zero attached hydrogens (tertiary/aromatic N) is 1. The first-order valence-electron chi connectivity index (χ1n) is 6.24. The van der Waals surface area contributed by atoms with Gasteiger partial charge < -0.3 is 25.0 Å². The van der Waals surface area contributed by atoms with Gasteiger partial charge in [0, 0.05) is 24.8 Å². The summed E-state index contributed by atoms with van der Waals surface area (Å²) in [5.41, 5.74) is 0.895. The lowest BCUT2D eigenvalue weighted by atomic mass is 10.2. The van der Waals surface area contributed by atoms with Crippen LogP contribution in [0.4, 0.5) is 5.69 Å². The zero-order valence-electron chi connectivity index (χ0n) is 11.2. The normalized spacial score (nSPS) is 13.2. The van der Waals surface area contributed by atoms with Crippen LogP contribution in [0.25, 0.3) is 0 Å². The molecule has 0 aliphatic carbocycles. The van der Waals surface area contributed by atoms with Crippen LogP contribution in [0.5, 0.6) is 11.5 Å². The van der Waals surface area contributed by atoms with Crippen molar-refractivity contribution in [3.05, 3.63) is 18.2 Å². The molecule has 1 heterocycles. The Kier molecular flexibility index (Phi) is 4.81. The second-order valence-corrected chi connectivity index (χ2v) is 4.95. The maximum atomic E-state index is 5.52. The molecule has 0 saturated carbocycles. The van der Waals surface area contributed by atoms with Crippen LogP contribution in [0.3, 0.4) is 0 Å². The summed E-state index contributed by atoms with van der Waals surface area (Å²) in [6.07, 6.45) is 0. The Morgan fingerprint density at radius 3 is 2.74 bits per heavy atom. The molecule has 2 rings (SSSR count). The molecule has 5 nitrogen and oxygen atoms in total. The van der Waals surface area contributed by atoms with Crippen molar-refractivity contribution in [2.75, 3.05) is 45.7 Å². The minimum Gasteiger partial charge on any atom is -0.486 e. The molecule has 6 heteroatoms. The molecule has 19 heavy (non-hydrogen) atoms. The van der Waals surface area contributed by atoms with E-state index in [2.05, 4.69) is 15.5 Å². The largest absolute Gasteiger partial charge is 0.486 e. The van der Waals surface area contributed by atoms with Gasteiger partial charge in [0.2, 0.25) is 0 Å². The number of fused-ring (bicyclic) bond motifs is 1. The SMILES string of the molecule is CN(C)CCNC(=S)Nc1ccc2c(c1)OCCO2. The number of ether oxygens (including phenoxy) is 2. The van der Waals surface area contributed by atoms with Gasteiger partial charge in [-0.2, -0.15) is 0 Å². The van der Waals surface area contributed by atoms with Crippen molar-refractivity contribution in [2.45, 2.75) is 0 Å². The molecule has 0 unspecified atom stereocenters. The van der Waals surface area contributed by atoms with Crippen molar-refractivity contribution in [3.63, 3.8) is 0 Å². The van der Waals surface area contributed by atoms with Gasteiger partial charge in [-0.3, -0.25) is 0 Å². The highest BCUT2D eigenvalue weighted by atomic mass is 32.1. The van der Waals surface area contributed by atoms with Crippen LogP contribution in [-0.4, -0.2) is 50.4 Å². The highest BCUT2D eigenvalue weighted by molar-refractivity contribution is 7.80. The summed E-state index contributed by atoms with van der Waals surface area (Å²) in [4.78, 5) is 2.10. The van der Waals surface area contributed by atoms with Crippen molar-refractivity contribution in [1.29, 1.82) is 0 Å². The zero-order valence-corrected chi connectivity index (χ0v) is 12.0. The number of thiocarbonyl (C=S) groups is 1. The van der Waals surface area contributed by atoms with Gasteiger partial charge in [0.05, 0.1) is 0 Å². The molecule has 0 spiro atoms. The minimum absolute atomic E-state index is 0.585. The molecule has 104 valence electrons. The van der Waals surface area contributed by atoms with E-state index in [-0.39, 0.29) is 0 Å². The number of rotatable bonds is 4. The summed E-state index contributed by atoms with van der Waals surface area (Å²) < 4.78 is 11.0. The Bertz CT molecular complexity index is 452.